The first kappa shape index (κ1) is 24.9. The van der Waals surface area contributed by atoms with Gasteiger partial charge in [-0.15, -0.1) is 0 Å². The molecule has 1 aliphatic heterocycles. The highest BCUT2D eigenvalue weighted by Gasteiger charge is 2.20. The Hall–Kier alpha value is -1.34. The van der Waals surface area contributed by atoms with Gasteiger partial charge < -0.3 is 20.4 Å². The van der Waals surface area contributed by atoms with E-state index in [0.29, 0.717) is 0 Å². The lowest BCUT2D eigenvalue weighted by Gasteiger charge is -2.32. The van der Waals surface area contributed by atoms with Crippen LogP contribution in [0.25, 0.3) is 0 Å². The van der Waals surface area contributed by atoms with Gasteiger partial charge in [-0.05, 0) is 51.2 Å². The molecule has 0 spiro atoms. The van der Waals surface area contributed by atoms with Crippen LogP contribution in [0.1, 0.15) is 38.3 Å². The molecule has 170 valence electrons. The van der Waals surface area contributed by atoms with Gasteiger partial charge in [-0.2, -0.15) is 0 Å². The van der Waals surface area contributed by atoms with Crippen LogP contribution >= 0.6 is 11.6 Å². The first-order valence-electron chi connectivity index (χ1n) is 11.4. The van der Waals surface area contributed by atoms with E-state index in [2.05, 4.69) is 63.4 Å². The number of rotatable bonds is 11. The fraction of sp³-hybridized carbons (Fsp3) is 0.696. The number of halogens is 1. The number of nitrogens with one attached hydrogen (secondary N) is 2. The van der Waals surface area contributed by atoms with Gasteiger partial charge in [0.05, 0.1) is 6.04 Å². The molecule has 0 aromatic heterocycles. The third-order valence-corrected chi connectivity index (χ3v) is 6.34. The summed E-state index contributed by atoms with van der Waals surface area (Å²) in [6, 6.07) is 8.36. The van der Waals surface area contributed by atoms with Crippen molar-refractivity contribution in [3.05, 3.63) is 34.9 Å². The zero-order valence-electron chi connectivity index (χ0n) is 19.3. The molecule has 30 heavy (non-hydrogen) atoms. The molecular formula is C23H41ClN6. The van der Waals surface area contributed by atoms with Crippen LogP contribution < -0.4 is 10.6 Å². The Kier molecular flexibility index (Phi) is 11.5. The highest BCUT2D eigenvalue weighted by Crippen LogP contribution is 2.26. The highest BCUT2D eigenvalue weighted by molar-refractivity contribution is 6.31. The van der Waals surface area contributed by atoms with Gasteiger partial charge in [0.2, 0.25) is 0 Å². The van der Waals surface area contributed by atoms with Gasteiger partial charge in [0.25, 0.3) is 0 Å². The topological polar surface area (TPSA) is 46.1 Å². The van der Waals surface area contributed by atoms with Crippen LogP contribution in [0.15, 0.2) is 29.3 Å². The van der Waals surface area contributed by atoms with Gasteiger partial charge >= 0.3 is 0 Å². The maximum atomic E-state index is 6.51. The molecule has 1 aliphatic rings. The van der Waals surface area contributed by atoms with E-state index in [1.54, 1.807) is 0 Å². The summed E-state index contributed by atoms with van der Waals surface area (Å²) in [7, 11) is 4.04. The summed E-state index contributed by atoms with van der Waals surface area (Å²) in [4.78, 5) is 11.8. The molecule has 0 amide bonds. The van der Waals surface area contributed by atoms with E-state index in [0.717, 1.165) is 49.1 Å². The van der Waals surface area contributed by atoms with Gasteiger partial charge in [-0.25, -0.2) is 0 Å². The summed E-state index contributed by atoms with van der Waals surface area (Å²) < 4.78 is 0. The number of likely N-dealkylation sites (N-methyl/N-ethyl adjacent to an activating group) is 2. The lowest BCUT2D eigenvalue weighted by Crippen LogP contribution is -2.45. The van der Waals surface area contributed by atoms with E-state index in [-0.39, 0.29) is 6.04 Å². The predicted octanol–water partition coefficient (Wildman–Crippen LogP) is 2.92. The van der Waals surface area contributed by atoms with Gasteiger partial charge in [0, 0.05) is 51.3 Å². The monoisotopic (exact) mass is 436 g/mol. The van der Waals surface area contributed by atoms with E-state index in [9.17, 15) is 0 Å². The Morgan fingerprint density at radius 1 is 1.10 bits per heavy atom. The van der Waals surface area contributed by atoms with Crippen LogP contribution in [0.5, 0.6) is 0 Å². The second-order valence-electron chi connectivity index (χ2n) is 7.99. The third kappa shape index (κ3) is 8.06. The van der Waals surface area contributed by atoms with E-state index < -0.39 is 0 Å². The zero-order chi connectivity index (χ0) is 21.8. The maximum absolute atomic E-state index is 6.51. The Morgan fingerprint density at radius 3 is 2.43 bits per heavy atom. The normalized spacial score (nSPS) is 17.3. The van der Waals surface area contributed by atoms with Gasteiger partial charge in [-0.1, -0.05) is 43.6 Å². The molecule has 1 aromatic rings. The van der Waals surface area contributed by atoms with Crippen molar-refractivity contribution in [2.45, 2.75) is 32.7 Å². The summed E-state index contributed by atoms with van der Waals surface area (Å²) in [6.07, 6.45) is 2.37. The van der Waals surface area contributed by atoms with E-state index in [4.69, 9.17) is 11.6 Å². The Bertz CT molecular complexity index is 626. The lowest BCUT2D eigenvalue weighted by atomic mass is 10.0. The summed E-state index contributed by atoms with van der Waals surface area (Å²) in [5, 5.41) is 7.81. The van der Waals surface area contributed by atoms with Crippen molar-refractivity contribution < 1.29 is 0 Å². The molecule has 0 aliphatic carbocycles. The summed E-state index contributed by atoms with van der Waals surface area (Å²) in [6.45, 7) is 14.0. The first-order valence-corrected chi connectivity index (χ1v) is 11.8. The van der Waals surface area contributed by atoms with Crippen molar-refractivity contribution in [2.75, 3.05) is 73.0 Å². The smallest absolute Gasteiger partial charge is 0.191 e. The molecule has 0 radical (unpaired) electrons. The summed E-state index contributed by atoms with van der Waals surface area (Å²) >= 11 is 6.51. The number of guanidine groups is 1. The first-order chi connectivity index (χ1) is 14.6. The van der Waals surface area contributed by atoms with Crippen LogP contribution in [-0.2, 0) is 0 Å². The minimum atomic E-state index is 0.212. The largest absolute Gasteiger partial charge is 0.356 e. The zero-order valence-corrected chi connectivity index (χ0v) is 20.1. The molecule has 7 heteroatoms. The highest BCUT2D eigenvalue weighted by atomic mass is 35.5. The van der Waals surface area contributed by atoms with Gasteiger partial charge in [0.15, 0.2) is 5.96 Å². The van der Waals surface area contributed by atoms with Crippen molar-refractivity contribution in [2.24, 2.45) is 4.99 Å². The molecule has 1 atom stereocenters. The van der Waals surface area contributed by atoms with Crippen LogP contribution in [0.4, 0.5) is 0 Å². The number of hydrogen-bond acceptors (Lipinski definition) is 4. The Labute approximate surface area is 188 Å². The fourth-order valence-corrected chi connectivity index (χ4v) is 4.26. The van der Waals surface area contributed by atoms with E-state index in [1.165, 1.54) is 39.1 Å². The van der Waals surface area contributed by atoms with Crippen LogP contribution in [0, 0.1) is 0 Å². The molecule has 1 unspecified atom stereocenters. The van der Waals surface area contributed by atoms with E-state index in [1.807, 2.05) is 19.2 Å². The number of aliphatic imine (C=N–C) groups is 1. The minimum absolute atomic E-state index is 0.212. The molecule has 2 rings (SSSR count). The molecule has 1 saturated heterocycles. The Balaban J connectivity index is 1.77. The molecule has 1 fully saturated rings. The summed E-state index contributed by atoms with van der Waals surface area (Å²) in [5.74, 6) is 0.860. The molecule has 1 aromatic carbocycles. The lowest BCUT2D eigenvalue weighted by molar-refractivity contribution is 0.152. The van der Waals surface area contributed by atoms with Crippen LogP contribution in [0.2, 0.25) is 5.02 Å². The van der Waals surface area contributed by atoms with Crippen molar-refractivity contribution in [1.82, 2.24) is 25.3 Å². The molecule has 6 nitrogen and oxygen atoms in total. The quantitative estimate of drug-likeness (QED) is 0.317. The number of benzene rings is 1. The molecule has 1 heterocycles. The molecule has 2 N–H and O–H groups in total. The average molecular weight is 437 g/mol. The standard InChI is InChI=1S/C23H41ClN6/c1-5-30(6-2)22(20-11-7-8-12-21(20)24)19-27-23(25-3)26-13-9-10-14-29-17-15-28(4)16-18-29/h7-8,11-12,22H,5-6,9-10,13-19H2,1-4H3,(H2,25,26,27). The fourth-order valence-electron chi connectivity index (χ4n) is 4.00. The van der Waals surface area contributed by atoms with E-state index >= 15 is 0 Å². The molecule has 0 bridgehead atoms. The van der Waals surface area contributed by atoms with Crippen molar-refractivity contribution in [1.29, 1.82) is 0 Å². The molecule has 0 saturated carbocycles. The third-order valence-electron chi connectivity index (χ3n) is 5.99. The average Bonchev–Trinajstić information content (AvgIpc) is 2.76. The van der Waals surface area contributed by atoms with Crippen molar-refractivity contribution >= 4 is 17.6 Å². The number of hydrogen-bond donors (Lipinski definition) is 2. The number of piperazine rings is 1. The molecular weight excluding hydrogens is 396 g/mol. The summed E-state index contributed by atoms with van der Waals surface area (Å²) in [5.41, 5.74) is 1.16. The van der Waals surface area contributed by atoms with Crippen LogP contribution in [-0.4, -0.2) is 93.7 Å². The van der Waals surface area contributed by atoms with Gasteiger partial charge in [0.1, 0.15) is 0 Å². The van der Waals surface area contributed by atoms with Crippen molar-refractivity contribution in [3.8, 4) is 0 Å². The Morgan fingerprint density at radius 2 is 1.80 bits per heavy atom. The minimum Gasteiger partial charge on any atom is -0.356 e. The van der Waals surface area contributed by atoms with Crippen LogP contribution in [0.3, 0.4) is 0 Å². The predicted molar refractivity (Wildman–Crippen MR) is 130 cm³/mol. The second-order valence-corrected chi connectivity index (χ2v) is 8.40. The number of unbranched alkanes of at least 4 members (excludes halogenated alkanes) is 1. The second kappa shape index (κ2) is 13.9. The SMILES string of the molecule is CCN(CC)C(CNC(=NC)NCCCCN1CCN(C)CC1)c1ccccc1Cl. The maximum Gasteiger partial charge on any atom is 0.191 e. The van der Waals surface area contributed by atoms with Gasteiger partial charge in [-0.3, -0.25) is 9.89 Å². The van der Waals surface area contributed by atoms with Crippen molar-refractivity contribution in [3.63, 3.8) is 0 Å². The number of nitrogens with zero attached hydrogens (tertiary/aromatic N) is 4.